The molecule has 0 radical (unpaired) electrons. The zero-order valence-corrected chi connectivity index (χ0v) is 16.2. The molecule has 0 aliphatic heterocycles. The third-order valence-corrected chi connectivity index (χ3v) is 5.34. The highest BCUT2D eigenvalue weighted by Gasteiger charge is 2.11. The molecule has 1 aromatic heterocycles. The lowest BCUT2D eigenvalue weighted by atomic mass is 10.2. The molecule has 134 valence electrons. The maximum absolute atomic E-state index is 12.0. The van der Waals surface area contributed by atoms with E-state index in [1.165, 1.54) is 19.3 Å². The first-order chi connectivity index (χ1) is 11.8. The first-order valence-electron chi connectivity index (χ1n) is 7.51. The van der Waals surface area contributed by atoms with Crippen LogP contribution in [0.5, 0.6) is 0 Å². The molecule has 0 unspecified atom stereocenters. The van der Waals surface area contributed by atoms with Crippen molar-refractivity contribution in [2.24, 2.45) is 0 Å². The van der Waals surface area contributed by atoms with E-state index in [2.05, 4.69) is 36.3 Å². The van der Waals surface area contributed by atoms with Gasteiger partial charge in [0.25, 0.3) is 0 Å². The van der Waals surface area contributed by atoms with Crippen LogP contribution in [0.15, 0.2) is 45.9 Å². The van der Waals surface area contributed by atoms with Crippen LogP contribution in [-0.2, 0) is 14.8 Å². The van der Waals surface area contributed by atoms with Gasteiger partial charge in [-0.15, -0.1) is 0 Å². The molecule has 0 atom stereocenters. The third kappa shape index (κ3) is 5.52. The molecule has 0 saturated carbocycles. The van der Waals surface area contributed by atoms with Gasteiger partial charge in [0.05, 0.1) is 0 Å². The molecule has 0 saturated heterocycles. The standard InChI is InChI=1S/C16H19BrN4O3S/c1-11-3-4-12(17)9-14(11)21-16(22)7-8-19-15-6-5-13(10-20-15)25(23,24)18-2/h3-6,9-10,18H,7-8H2,1-2H3,(H,19,20)(H,21,22). The van der Waals surface area contributed by atoms with Gasteiger partial charge in [0.15, 0.2) is 0 Å². The Kier molecular flexibility index (Phi) is 6.51. The second-order valence-corrected chi connectivity index (χ2v) is 8.07. The Morgan fingerprint density at radius 3 is 2.64 bits per heavy atom. The number of halogens is 1. The fourth-order valence-corrected chi connectivity index (χ4v) is 3.04. The predicted molar refractivity (Wildman–Crippen MR) is 101 cm³/mol. The van der Waals surface area contributed by atoms with E-state index < -0.39 is 10.0 Å². The molecule has 9 heteroatoms. The maximum atomic E-state index is 12.0. The van der Waals surface area contributed by atoms with E-state index in [0.29, 0.717) is 12.4 Å². The number of hydrogen-bond acceptors (Lipinski definition) is 5. The van der Waals surface area contributed by atoms with Crippen molar-refractivity contribution < 1.29 is 13.2 Å². The van der Waals surface area contributed by atoms with Crippen molar-refractivity contribution >= 4 is 43.4 Å². The van der Waals surface area contributed by atoms with Gasteiger partial charge in [-0.25, -0.2) is 18.1 Å². The SMILES string of the molecule is CNS(=O)(=O)c1ccc(NCCC(=O)Nc2cc(Br)ccc2C)nc1. The van der Waals surface area contributed by atoms with Crippen molar-refractivity contribution in [3.8, 4) is 0 Å². The molecule has 0 spiro atoms. The quantitative estimate of drug-likeness (QED) is 0.631. The maximum Gasteiger partial charge on any atom is 0.241 e. The number of aromatic nitrogens is 1. The molecule has 0 aliphatic rings. The Balaban J connectivity index is 1.86. The number of carbonyl (C=O) groups excluding carboxylic acids is 1. The summed E-state index contributed by atoms with van der Waals surface area (Å²) in [6.45, 7) is 2.30. The molecule has 0 bridgehead atoms. The van der Waals surface area contributed by atoms with Gasteiger partial charge in [-0.2, -0.15) is 0 Å². The average molecular weight is 427 g/mol. The number of aryl methyl sites for hydroxylation is 1. The zero-order chi connectivity index (χ0) is 18.4. The van der Waals surface area contributed by atoms with E-state index in [1.807, 2.05) is 25.1 Å². The fourth-order valence-electron chi connectivity index (χ4n) is 2.01. The summed E-state index contributed by atoms with van der Waals surface area (Å²) < 4.78 is 26.3. The van der Waals surface area contributed by atoms with Crippen LogP contribution in [0.2, 0.25) is 0 Å². The number of hydrogen-bond donors (Lipinski definition) is 3. The number of benzene rings is 1. The Morgan fingerprint density at radius 1 is 1.24 bits per heavy atom. The van der Waals surface area contributed by atoms with E-state index in [4.69, 9.17) is 0 Å². The number of amides is 1. The van der Waals surface area contributed by atoms with Gasteiger partial charge >= 0.3 is 0 Å². The summed E-state index contributed by atoms with van der Waals surface area (Å²) in [7, 11) is -2.16. The molecular weight excluding hydrogens is 408 g/mol. The molecular formula is C16H19BrN4O3S. The number of rotatable bonds is 7. The highest BCUT2D eigenvalue weighted by Crippen LogP contribution is 2.20. The largest absolute Gasteiger partial charge is 0.370 e. The molecule has 2 aromatic rings. The Labute approximate surface area is 155 Å². The topological polar surface area (TPSA) is 100 Å². The molecule has 7 nitrogen and oxygen atoms in total. The molecule has 1 amide bonds. The fraction of sp³-hybridized carbons (Fsp3) is 0.250. The van der Waals surface area contributed by atoms with Crippen molar-refractivity contribution in [2.45, 2.75) is 18.2 Å². The van der Waals surface area contributed by atoms with Gasteiger partial charge in [0, 0.05) is 29.3 Å². The Morgan fingerprint density at radius 2 is 2.00 bits per heavy atom. The first kappa shape index (κ1) is 19.4. The number of anilines is 2. The van der Waals surface area contributed by atoms with E-state index in [0.717, 1.165) is 15.7 Å². The van der Waals surface area contributed by atoms with Crippen LogP contribution in [0.25, 0.3) is 0 Å². The Hall–Kier alpha value is -1.97. The third-order valence-electron chi connectivity index (χ3n) is 3.45. The summed E-state index contributed by atoms with van der Waals surface area (Å²) >= 11 is 3.38. The molecule has 2 rings (SSSR count). The Bertz CT molecular complexity index is 854. The van der Waals surface area contributed by atoms with E-state index in [9.17, 15) is 13.2 Å². The lowest BCUT2D eigenvalue weighted by molar-refractivity contribution is -0.115. The van der Waals surface area contributed by atoms with Crippen molar-refractivity contribution in [3.05, 3.63) is 46.6 Å². The van der Waals surface area contributed by atoms with Crippen molar-refractivity contribution in [2.75, 3.05) is 24.2 Å². The van der Waals surface area contributed by atoms with Gasteiger partial charge < -0.3 is 10.6 Å². The number of carbonyl (C=O) groups is 1. The van der Waals surface area contributed by atoms with Crippen LogP contribution in [0.3, 0.4) is 0 Å². The highest BCUT2D eigenvalue weighted by molar-refractivity contribution is 9.10. The van der Waals surface area contributed by atoms with E-state index in [1.54, 1.807) is 6.07 Å². The summed E-state index contributed by atoms with van der Waals surface area (Å²) in [5.74, 6) is 0.379. The van der Waals surface area contributed by atoms with Crippen molar-refractivity contribution in [1.82, 2.24) is 9.71 Å². The number of nitrogens with one attached hydrogen (secondary N) is 3. The second kappa shape index (κ2) is 8.41. The number of pyridine rings is 1. The predicted octanol–water partition coefficient (Wildman–Crippen LogP) is 2.50. The van der Waals surface area contributed by atoms with Crippen LogP contribution < -0.4 is 15.4 Å². The van der Waals surface area contributed by atoms with Gasteiger partial charge in [-0.1, -0.05) is 22.0 Å². The summed E-state index contributed by atoms with van der Waals surface area (Å²) in [6.07, 6.45) is 1.52. The second-order valence-electron chi connectivity index (χ2n) is 5.27. The van der Waals surface area contributed by atoms with Crippen LogP contribution >= 0.6 is 15.9 Å². The van der Waals surface area contributed by atoms with Crippen LogP contribution in [0.1, 0.15) is 12.0 Å². The molecule has 1 aromatic carbocycles. The summed E-state index contributed by atoms with van der Waals surface area (Å²) in [4.78, 5) is 16.1. The van der Waals surface area contributed by atoms with Crippen LogP contribution in [-0.4, -0.2) is 32.9 Å². The minimum absolute atomic E-state index is 0.0865. The smallest absolute Gasteiger partial charge is 0.241 e. The lowest BCUT2D eigenvalue weighted by Crippen LogP contribution is -2.19. The molecule has 0 aliphatic carbocycles. The van der Waals surface area contributed by atoms with E-state index >= 15 is 0 Å². The number of nitrogens with zero attached hydrogens (tertiary/aromatic N) is 1. The van der Waals surface area contributed by atoms with E-state index in [-0.39, 0.29) is 17.2 Å². The van der Waals surface area contributed by atoms with Crippen LogP contribution in [0, 0.1) is 6.92 Å². The van der Waals surface area contributed by atoms with Gasteiger partial charge in [-0.3, -0.25) is 4.79 Å². The van der Waals surface area contributed by atoms with Crippen molar-refractivity contribution in [3.63, 3.8) is 0 Å². The monoisotopic (exact) mass is 426 g/mol. The van der Waals surface area contributed by atoms with Crippen LogP contribution in [0.4, 0.5) is 11.5 Å². The minimum atomic E-state index is -3.50. The zero-order valence-electron chi connectivity index (χ0n) is 13.8. The number of sulfonamides is 1. The molecule has 25 heavy (non-hydrogen) atoms. The van der Waals surface area contributed by atoms with Gasteiger partial charge in [0.1, 0.15) is 10.7 Å². The minimum Gasteiger partial charge on any atom is -0.370 e. The molecule has 0 fully saturated rings. The first-order valence-corrected chi connectivity index (χ1v) is 9.79. The molecule has 1 heterocycles. The normalized spacial score (nSPS) is 11.2. The summed E-state index contributed by atoms with van der Waals surface area (Å²) in [5, 5.41) is 5.84. The summed E-state index contributed by atoms with van der Waals surface area (Å²) in [5.41, 5.74) is 1.74. The van der Waals surface area contributed by atoms with Gasteiger partial charge in [-0.05, 0) is 43.8 Å². The lowest BCUT2D eigenvalue weighted by Gasteiger charge is -2.10. The summed E-state index contributed by atoms with van der Waals surface area (Å²) in [6, 6.07) is 8.69. The van der Waals surface area contributed by atoms with Gasteiger partial charge in [0.2, 0.25) is 15.9 Å². The average Bonchev–Trinajstić information content (AvgIpc) is 2.58. The van der Waals surface area contributed by atoms with Crippen molar-refractivity contribution in [1.29, 1.82) is 0 Å². The molecule has 3 N–H and O–H groups in total. The highest BCUT2D eigenvalue weighted by atomic mass is 79.9.